The highest BCUT2D eigenvalue weighted by atomic mass is 32.2. The van der Waals surface area contributed by atoms with Crippen molar-refractivity contribution in [2.45, 2.75) is 37.4 Å². The lowest BCUT2D eigenvalue weighted by Crippen LogP contribution is -2.31. The molecule has 124 valence electrons. The van der Waals surface area contributed by atoms with Gasteiger partial charge < -0.3 is 5.32 Å². The van der Waals surface area contributed by atoms with Gasteiger partial charge in [-0.1, -0.05) is 30.8 Å². The fourth-order valence-electron chi connectivity index (χ4n) is 3.31. The third-order valence-electron chi connectivity index (χ3n) is 4.29. The first kappa shape index (κ1) is 15.4. The molecule has 24 heavy (non-hydrogen) atoms. The second-order valence-corrected chi connectivity index (χ2v) is 7.08. The summed E-state index contributed by atoms with van der Waals surface area (Å²) >= 11 is 1.54. The normalized spacial score (nSPS) is 19.8. The van der Waals surface area contributed by atoms with Crippen LogP contribution < -0.4 is 5.32 Å². The van der Waals surface area contributed by atoms with Crippen LogP contribution in [-0.2, 0) is 4.79 Å². The Morgan fingerprint density at radius 2 is 2.29 bits per heavy atom. The number of hydrogen-bond donors (Lipinski definition) is 1. The predicted octanol–water partition coefficient (Wildman–Crippen LogP) is 3.55. The molecule has 0 amide bonds. The zero-order valence-electron chi connectivity index (χ0n) is 13.3. The van der Waals surface area contributed by atoms with E-state index in [4.69, 9.17) is 0 Å². The van der Waals surface area contributed by atoms with E-state index in [1.54, 1.807) is 22.5 Å². The van der Waals surface area contributed by atoms with Gasteiger partial charge in [0, 0.05) is 17.7 Å². The second-order valence-electron chi connectivity index (χ2n) is 5.85. The number of hydrogen-bond acceptors (Lipinski definition) is 5. The molecule has 1 atom stereocenters. The van der Waals surface area contributed by atoms with Gasteiger partial charge in [-0.15, -0.1) is 5.10 Å². The van der Waals surface area contributed by atoms with Crippen LogP contribution in [0.3, 0.4) is 0 Å². The van der Waals surface area contributed by atoms with E-state index in [-0.39, 0.29) is 11.6 Å². The van der Waals surface area contributed by atoms with Gasteiger partial charge in [0.1, 0.15) is 11.9 Å². The van der Waals surface area contributed by atoms with Crippen molar-refractivity contribution in [1.82, 2.24) is 14.8 Å². The van der Waals surface area contributed by atoms with Crippen LogP contribution in [0.4, 0.5) is 10.3 Å². The maximum Gasteiger partial charge on any atom is 0.227 e. The van der Waals surface area contributed by atoms with Crippen molar-refractivity contribution in [2.75, 3.05) is 11.1 Å². The number of nitrogens with zero attached hydrogens (tertiary/aromatic N) is 3. The molecule has 1 aliphatic carbocycles. The van der Waals surface area contributed by atoms with E-state index in [2.05, 4.69) is 15.4 Å². The van der Waals surface area contributed by atoms with Gasteiger partial charge in [0.2, 0.25) is 11.1 Å². The lowest BCUT2D eigenvalue weighted by Gasteiger charge is -2.32. The van der Waals surface area contributed by atoms with Crippen LogP contribution in [0.5, 0.6) is 0 Å². The van der Waals surface area contributed by atoms with E-state index < -0.39 is 6.04 Å². The lowest BCUT2D eigenvalue weighted by molar-refractivity contribution is -0.116. The summed E-state index contributed by atoms with van der Waals surface area (Å²) in [5.41, 5.74) is 2.31. The van der Waals surface area contributed by atoms with Crippen LogP contribution in [0.2, 0.25) is 0 Å². The molecule has 1 aromatic carbocycles. The molecular weight excluding hydrogens is 327 g/mol. The zero-order chi connectivity index (χ0) is 16.7. The number of rotatable bonds is 3. The Morgan fingerprint density at radius 3 is 3.08 bits per heavy atom. The molecule has 2 aliphatic rings. The largest absolute Gasteiger partial charge is 0.328 e. The monoisotopic (exact) mass is 344 g/mol. The minimum atomic E-state index is -0.418. The molecule has 1 aliphatic heterocycles. The number of thioether (sulfide) groups is 1. The number of ketones is 1. The maximum absolute atomic E-state index is 13.8. The van der Waals surface area contributed by atoms with E-state index in [0.29, 0.717) is 23.1 Å². The molecule has 2 heterocycles. The summed E-state index contributed by atoms with van der Waals surface area (Å²) in [6.07, 6.45) is 2.15. The van der Waals surface area contributed by atoms with Gasteiger partial charge in [-0.25, -0.2) is 9.07 Å². The smallest absolute Gasteiger partial charge is 0.227 e. The Balaban J connectivity index is 1.88. The molecule has 0 spiro atoms. The molecule has 0 saturated heterocycles. The fourth-order valence-corrected chi connectivity index (χ4v) is 3.87. The number of nitrogens with one attached hydrogen (secondary N) is 1. The average molecular weight is 344 g/mol. The zero-order valence-corrected chi connectivity index (χ0v) is 14.1. The van der Waals surface area contributed by atoms with E-state index in [0.717, 1.165) is 29.9 Å². The highest BCUT2D eigenvalue weighted by Crippen LogP contribution is 2.40. The lowest BCUT2D eigenvalue weighted by atomic mass is 9.85. The highest BCUT2D eigenvalue weighted by molar-refractivity contribution is 7.99. The van der Waals surface area contributed by atoms with Gasteiger partial charge in [-0.2, -0.15) is 4.98 Å². The summed E-state index contributed by atoms with van der Waals surface area (Å²) in [6, 6.07) is 5.96. The van der Waals surface area contributed by atoms with Crippen molar-refractivity contribution >= 4 is 23.5 Å². The Bertz CT molecular complexity index is 845. The predicted molar refractivity (Wildman–Crippen MR) is 90.5 cm³/mol. The van der Waals surface area contributed by atoms with E-state index in [1.807, 2.05) is 13.0 Å². The average Bonchev–Trinajstić information content (AvgIpc) is 2.95. The molecule has 2 aromatic rings. The highest BCUT2D eigenvalue weighted by Gasteiger charge is 2.36. The van der Waals surface area contributed by atoms with Gasteiger partial charge in [0.15, 0.2) is 5.78 Å². The van der Waals surface area contributed by atoms with Crippen LogP contribution in [0.1, 0.15) is 37.8 Å². The van der Waals surface area contributed by atoms with Gasteiger partial charge in [-0.3, -0.25) is 4.79 Å². The third kappa shape index (κ3) is 2.53. The molecule has 1 N–H and O–H groups in total. The fraction of sp³-hybridized carbons (Fsp3) is 0.353. The van der Waals surface area contributed by atoms with Crippen LogP contribution in [0.25, 0.3) is 0 Å². The molecule has 5 nitrogen and oxygen atoms in total. The van der Waals surface area contributed by atoms with Crippen molar-refractivity contribution in [3.63, 3.8) is 0 Å². The minimum Gasteiger partial charge on any atom is -0.328 e. The SMILES string of the molecule is CCSc1nc2n(n1)[C@@H](c1cccc(F)c1)C1=C(CCCC1=O)N2. The van der Waals surface area contributed by atoms with Crippen molar-refractivity contribution in [3.8, 4) is 0 Å². The number of halogens is 1. The standard InChI is InChI=1S/C17H17FN4OS/c1-2-24-17-20-16-19-12-7-4-8-13(23)14(12)15(22(16)21-17)10-5-3-6-11(18)9-10/h3,5-6,9,15H,2,4,7-8H2,1H3,(H,19,20,21)/t15-/m0/s1. The van der Waals surface area contributed by atoms with E-state index >= 15 is 0 Å². The Labute approximate surface area is 143 Å². The van der Waals surface area contributed by atoms with Crippen molar-refractivity contribution in [1.29, 1.82) is 0 Å². The first-order valence-corrected chi connectivity index (χ1v) is 9.04. The van der Waals surface area contributed by atoms with Crippen LogP contribution in [-0.4, -0.2) is 26.3 Å². The summed E-state index contributed by atoms with van der Waals surface area (Å²) in [5, 5.41) is 8.48. The van der Waals surface area contributed by atoms with E-state index in [9.17, 15) is 9.18 Å². The van der Waals surface area contributed by atoms with Gasteiger partial charge in [0.25, 0.3) is 0 Å². The number of carbonyl (C=O) groups excluding carboxylic acids is 1. The third-order valence-corrected chi connectivity index (χ3v) is 5.01. The maximum atomic E-state index is 13.8. The van der Waals surface area contributed by atoms with Gasteiger partial charge in [0.05, 0.1) is 0 Å². The molecule has 7 heteroatoms. The van der Waals surface area contributed by atoms with Crippen molar-refractivity contribution in [3.05, 3.63) is 46.9 Å². The first-order chi connectivity index (χ1) is 11.7. The second kappa shape index (κ2) is 6.05. The Hall–Kier alpha value is -2.15. The summed E-state index contributed by atoms with van der Waals surface area (Å²) in [5.74, 6) is 1.26. The summed E-state index contributed by atoms with van der Waals surface area (Å²) in [4.78, 5) is 17.1. The van der Waals surface area contributed by atoms with Crippen LogP contribution >= 0.6 is 11.8 Å². The summed E-state index contributed by atoms with van der Waals surface area (Å²) in [6.45, 7) is 2.04. The number of aromatic nitrogens is 3. The molecular formula is C17H17FN4OS. The summed E-state index contributed by atoms with van der Waals surface area (Å²) in [7, 11) is 0. The number of benzene rings is 1. The number of anilines is 1. The molecule has 0 radical (unpaired) electrons. The van der Waals surface area contributed by atoms with Crippen molar-refractivity contribution in [2.24, 2.45) is 0 Å². The molecule has 4 rings (SSSR count). The molecule has 0 unspecified atom stereocenters. The Morgan fingerprint density at radius 1 is 1.42 bits per heavy atom. The quantitative estimate of drug-likeness (QED) is 0.863. The molecule has 0 saturated carbocycles. The minimum absolute atomic E-state index is 0.101. The molecule has 0 fully saturated rings. The van der Waals surface area contributed by atoms with Crippen molar-refractivity contribution < 1.29 is 9.18 Å². The number of allylic oxidation sites excluding steroid dienone is 2. The van der Waals surface area contributed by atoms with Crippen LogP contribution in [0, 0.1) is 5.82 Å². The van der Waals surface area contributed by atoms with Crippen LogP contribution in [0.15, 0.2) is 40.7 Å². The number of carbonyl (C=O) groups is 1. The molecule has 1 aromatic heterocycles. The summed E-state index contributed by atoms with van der Waals surface area (Å²) < 4.78 is 15.5. The number of Topliss-reactive ketones (excluding diaryl/α,β-unsaturated/α-hetero) is 1. The molecule has 0 bridgehead atoms. The van der Waals surface area contributed by atoms with E-state index in [1.165, 1.54) is 12.1 Å². The first-order valence-electron chi connectivity index (χ1n) is 8.05. The Kier molecular flexibility index (Phi) is 3.88. The topological polar surface area (TPSA) is 59.8 Å². The number of fused-ring (bicyclic) bond motifs is 1. The van der Waals surface area contributed by atoms with Gasteiger partial charge >= 0.3 is 0 Å². The van der Waals surface area contributed by atoms with Gasteiger partial charge in [-0.05, 0) is 36.3 Å².